The van der Waals surface area contributed by atoms with E-state index < -0.39 is 0 Å². The van der Waals surface area contributed by atoms with Gasteiger partial charge in [-0.25, -0.2) is 0 Å². The van der Waals surface area contributed by atoms with Gasteiger partial charge in [0.1, 0.15) is 0 Å². The van der Waals surface area contributed by atoms with E-state index in [2.05, 4.69) is 0 Å². The van der Waals surface area contributed by atoms with E-state index in [0.29, 0.717) is 20.5 Å². The fraction of sp³-hybridized carbons (Fsp3) is 0.0435. The zero-order chi connectivity index (χ0) is 20.4. The Morgan fingerprint density at radius 2 is 1.31 bits per heavy atom. The van der Waals surface area contributed by atoms with Crippen LogP contribution in [0.2, 0.25) is 10.0 Å². The van der Waals surface area contributed by atoms with Crippen LogP contribution < -0.4 is 0 Å². The molecule has 1 aliphatic heterocycles. The molecular formula is C23H15Cl2NO2S. The highest BCUT2D eigenvalue weighted by Gasteiger charge is 2.39. The van der Waals surface area contributed by atoms with Crippen molar-refractivity contribution in [1.82, 2.24) is 4.90 Å². The molecule has 0 saturated heterocycles. The van der Waals surface area contributed by atoms with Gasteiger partial charge in [0.15, 0.2) is 0 Å². The molecule has 0 spiro atoms. The predicted molar refractivity (Wildman–Crippen MR) is 118 cm³/mol. The lowest BCUT2D eigenvalue weighted by Gasteiger charge is -2.15. The summed E-state index contributed by atoms with van der Waals surface area (Å²) in [6.07, 6.45) is 0. The van der Waals surface area contributed by atoms with Crippen molar-refractivity contribution < 1.29 is 9.59 Å². The molecule has 29 heavy (non-hydrogen) atoms. The summed E-state index contributed by atoms with van der Waals surface area (Å²) in [6, 6.07) is 23.6. The molecule has 0 radical (unpaired) electrons. The maximum atomic E-state index is 13.2. The molecular weight excluding hydrogens is 425 g/mol. The number of carbonyl (C=O) groups is 2. The molecule has 0 fully saturated rings. The average Bonchev–Trinajstić information content (AvgIpc) is 2.96. The Hall–Kier alpha value is -2.53. The van der Waals surface area contributed by atoms with E-state index in [1.165, 1.54) is 16.7 Å². The number of carbonyl (C=O) groups excluding carboxylic acids is 2. The van der Waals surface area contributed by atoms with Crippen LogP contribution >= 0.6 is 35.0 Å². The van der Waals surface area contributed by atoms with Crippen LogP contribution in [-0.4, -0.2) is 16.7 Å². The third-order valence-corrected chi connectivity index (χ3v) is 6.07. The van der Waals surface area contributed by atoms with Crippen molar-refractivity contribution in [2.45, 2.75) is 11.4 Å². The van der Waals surface area contributed by atoms with Crippen molar-refractivity contribution in [3.63, 3.8) is 0 Å². The highest BCUT2D eigenvalue weighted by molar-refractivity contribution is 8.04. The summed E-state index contributed by atoms with van der Waals surface area (Å²) in [5.74, 6) is -0.601. The van der Waals surface area contributed by atoms with E-state index in [4.69, 9.17) is 23.2 Å². The average molecular weight is 440 g/mol. The summed E-state index contributed by atoms with van der Waals surface area (Å²) >= 11 is 13.2. The van der Waals surface area contributed by atoms with Gasteiger partial charge in [0, 0.05) is 14.9 Å². The van der Waals surface area contributed by atoms with Gasteiger partial charge in [-0.15, -0.1) is 0 Å². The van der Waals surface area contributed by atoms with Crippen molar-refractivity contribution >= 4 is 52.4 Å². The van der Waals surface area contributed by atoms with Crippen LogP contribution in [0.25, 0.3) is 5.57 Å². The number of rotatable bonds is 5. The molecule has 0 atom stereocenters. The fourth-order valence-corrected chi connectivity index (χ4v) is 4.31. The molecule has 0 unspecified atom stereocenters. The third-order valence-electron chi connectivity index (χ3n) is 4.48. The summed E-state index contributed by atoms with van der Waals surface area (Å²) in [5, 5.41) is 1.22. The lowest BCUT2D eigenvalue weighted by Crippen LogP contribution is -2.30. The number of amides is 2. The van der Waals surface area contributed by atoms with Crippen molar-refractivity contribution in [2.75, 3.05) is 0 Å². The van der Waals surface area contributed by atoms with E-state index >= 15 is 0 Å². The molecule has 0 aromatic heterocycles. The third kappa shape index (κ3) is 4.25. The summed E-state index contributed by atoms with van der Waals surface area (Å²) in [6.45, 7) is 0.190. The van der Waals surface area contributed by atoms with Crippen LogP contribution in [0, 0.1) is 0 Å². The summed E-state index contributed by atoms with van der Waals surface area (Å²) in [4.78, 5) is 29.0. The van der Waals surface area contributed by atoms with Crippen LogP contribution in [0.15, 0.2) is 88.7 Å². The highest BCUT2D eigenvalue weighted by atomic mass is 35.5. The molecule has 0 N–H and O–H groups in total. The highest BCUT2D eigenvalue weighted by Crippen LogP contribution is 2.40. The number of thioether (sulfide) groups is 1. The lowest BCUT2D eigenvalue weighted by atomic mass is 10.1. The van der Waals surface area contributed by atoms with Crippen LogP contribution in [0.1, 0.15) is 11.1 Å². The van der Waals surface area contributed by atoms with E-state index in [1.807, 2.05) is 54.6 Å². The smallest absolute Gasteiger partial charge is 0.268 e. The molecule has 144 valence electrons. The fourth-order valence-electron chi connectivity index (χ4n) is 3.04. The second-order valence-corrected chi connectivity index (χ2v) is 8.41. The molecule has 0 saturated carbocycles. The number of imide groups is 1. The lowest BCUT2D eigenvalue weighted by molar-refractivity contribution is -0.137. The number of hydrogen-bond donors (Lipinski definition) is 0. The van der Waals surface area contributed by atoms with Gasteiger partial charge in [-0.1, -0.05) is 77.4 Å². The molecule has 3 aromatic carbocycles. The van der Waals surface area contributed by atoms with Crippen LogP contribution in [0.4, 0.5) is 0 Å². The standard InChI is InChI=1S/C23H15Cl2NO2S/c24-17-8-6-15(7-9-17)14-26-22(27)20(16-4-2-1-3-5-16)21(23(26)28)29-19-12-10-18(25)11-13-19/h1-13H,14H2. The molecule has 1 aliphatic rings. The minimum absolute atomic E-state index is 0.190. The molecule has 2 amide bonds. The summed E-state index contributed by atoms with van der Waals surface area (Å²) < 4.78 is 0. The van der Waals surface area contributed by atoms with Crippen molar-refractivity contribution in [3.05, 3.63) is 105 Å². The van der Waals surface area contributed by atoms with Gasteiger partial charge in [0.05, 0.1) is 17.0 Å². The van der Waals surface area contributed by atoms with Crippen molar-refractivity contribution in [1.29, 1.82) is 0 Å². The number of hydrogen-bond acceptors (Lipinski definition) is 3. The maximum Gasteiger partial charge on any atom is 0.268 e. The molecule has 0 bridgehead atoms. The van der Waals surface area contributed by atoms with E-state index in [1.54, 1.807) is 24.3 Å². The van der Waals surface area contributed by atoms with E-state index in [0.717, 1.165) is 16.0 Å². The monoisotopic (exact) mass is 439 g/mol. The maximum absolute atomic E-state index is 13.2. The zero-order valence-electron chi connectivity index (χ0n) is 15.1. The minimum Gasteiger partial charge on any atom is -0.269 e. The SMILES string of the molecule is O=C1C(Sc2ccc(Cl)cc2)=C(c2ccccc2)C(=O)N1Cc1ccc(Cl)cc1. The minimum atomic E-state index is -0.302. The Balaban J connectivity index is 1.71. The number of benzene rings is 3. The predicted octanol–water partition coefficient (Wildman–Crippen LogP) is 6.07. The van der Waals surface area contributed by atoms with Gasteiger partial charge < -0.3 is 0 Å². The first-order chi connectivity index (χ1) is 14.0. The van der Waals surface area contributed by atoms with E-state index in [9.17, 15) is 9.59 Å². The van der Waals surface area contributed by atoms with Crippen LogP contribution in [-0.2, 0) is 16.1 Å². The first-order valence-corrected chi connectivity index (χ1v) is 10.4. The molecule has 4 rings (SSSR count). The first kappa shape index (κ1) is 19.8. The quantitative estimate of drug-likeness (QED) is 0.452. The van der Waals surface area contributed by atoms with E-state index in [-0.39, 0.29) is 18.4 Å². The normalized spacial score (nSPS) is 14.1. The zero-order valence-corrected chi connectivity index (χ0v) is 17.5. The van der Waals surface area contributed by atoms with Crippen LogP contribution in [0.3, 0.4) is 0 Å². The van der Waals surface area contributed by atoms with Gasteiger partial charge in [0.25, 0.3) is 11.8 Å². The Labute approximate surface area is 182 Å². The van der Waals surface area contributed by atoms with Crippen molar-refractivity contribution in [2.24, 2.45) is 0 Å². The summed E-state index contributed by atoms with van der Waals surface area (Å²) in [5.41, 5.74) is 1.98. The molecule has 3 aromatic rings. The first-order valence-electron chi connectivity index (χ1n) is 8.86. The number of halogens is 2. The second kappa shape index (κ2) is 8.46. The van der Waals surface area contributed by atoms with Crippen molar-refractivity contribution in [3.8, 4) is 0 Å². The second-order valence-electron chi connectivity index (χ2n) is 6.45. The van der Waals surface area contributed by atoms with Gasteiger partial charge in [-0.2, -0.15) is 0 Å². The van der Waals surface area contributed by atoms with Crippen LogP contribution in [0.5, 0.6) is 0 Å². The van der Waals surface area contributed by atoms with Gasteiger partial charge in [-0.05, 0) is 47.5 Å². The topological polar surface area (TPSA) is 37.4 Å². The Morgan fingerprint density at radius 3 is 1.93 bits per heavy atom. The van der Waals surface area contributed by atoms with Gasteiger partial charge >= 0.3 is 0 Å². The molecule has 6 heteroatoms. The Morgan fingerprint density at radius 1 is 0.724 bits per heavy atom. The molecule has 1 heterocycles. The molecule has 3 nitrogen and oxygen atoms in total. The Bertz CT molecular complexity index is 1090. The van der Waals surface area contributed by atoms with Gasteiger partial charge in [-0.3, -0.25) is 14.5 Å². The molecule has 0 aliphatic carbocycles. The summed E-state index contributed by atoms with van der Waals surface area (Å²) in [7, 11) is 0. The Kier molecular flexibility index (Phi) is 5.76. The van der Waals surface area contributed by atoms with Gasteiger partial charge in [0.2, 0.25) is 0 Å². The largest absolute Gasteiger partial charge is 0.269 e. The number of nitrogens with zero attached hydrogens (tertiary/aromatic N) is 1.